The molecule has 0 aromatic heterocycles. The molecule has 0 fully saturated rings. The first-order valence-electron chi connectivity index (χ1n) is 7.97. The van der Waals surface area contributed by atoms with Gasteiger partial charge in [-0.2, -0.15) is 0 Å². The van der Waals surface area contributed by atoms with Gasteiger partial charge in [0.15, 0.2) is 0 Å². The van der Waals surface area contributed by atoms with Gasteiger partial charge in [-0.25, -0.2) is 18.1 Å². The SMILES string of the molecule is COc1ccc(N=C(C)N(C)CCNS(=O)(=O)c2ccc(Cl)cc2)cc1. The average Bonchev–Trinajstić information content (AvgIpc) is 2.62. The van der Waals surface area contributed by atoms with Gasteiger partial charge in [-0.05, 0) is 55.5 Å². The Morgan fingerprint density at radius 2 is 1.77 bits per heavy atom. The van der Waals surface area contributed by atoms with Crippen LogP contribution in [0.2, 0.25) is 5.02 Å². The Morgan fingerprint density at radius 1 is 1.15 bits per heavy atom. The number of halogens is 1. The van der Waals surface area contributed by atoms with Crippen molar-refractivity contribution >= 4 is 33.1 Å². The molecule has 0 saturated heterocycles. The van der Waals surface area contributed by atoms with Gasteiger partial charge in [-0.1, -0.05) is 11.6 Å². The molecule has 0 heterocycles. The highest BCUT2D eigenvalue weighted by Crippen LogP contribution is 2.18. The maximum absolute atomic E-state index is 12.2. The number of methoxy groups -OCH3 is 1. The lowest BCUT2D eigenvalue weighted by Gasteiger charge is -2.19. The number of hydrogen-bond acceptors (Lipinski definition) is 4. The molecule has 0 aliphatic carbocycles. The summed E-state index contributed by atoms with van der Waals surface area (Å²) < 4.78 is 32.2. The van der Waals surface area contributed by atoms with Crippen LogP contribution in [0.5, 0.6) is 5.75 Å². The van der Waals surface area contributed by atoms with Gasteiger partial charge in [-0.3, -0.25) is 0 Å². The Balaban J connectivity index is 1.91. The molecule has 0 saturated carbocycles. The van der Waals surface area contributed by atoms with Crippen LogP contribution in [-0.2, 0) is 10.0 Å². The third kappa shape index (κ3) is 5.72. The van der Waals surface area contributed by atoms with E-state index in [4.69, 9.17) is 16.3 Å². The van der Waals surface area contributed by atoms with E-state index in [1.165, 1.54) is 12.1 Å². The zero-order valence-electron chi connectivity index (χ0n) is 14.9. The second-order valence-corrected chi connectivity index (χ2v) is 7.83. The minimum Gasteiger partial charge on any atom is -0.497 e. The summed E-state index contributed by atoms with van der Waals surface area (Å²) in [6, 6.07) is 13.5. The van der Waals surface area contributed by atoms with Crippen molar-refractivity contribution in [1.82, 2.24) is 9.62 Å². The Labute approximate surface area is 159 Å². The molecule has 0 unspecified atom stereocenters. The minimum atomic E-state index is -3.55. The van der Waals surface area contributed by atoms with Crippen LogP contribution in [0.1, 0.15) is 6.92 Å². The Morgan fingerprint density at radius 3 is 2.35 bits per heavy atom. The topological polar surface area (TPSA) is 71.0 Å². The third-order valence-corrected chi connectivity index (χ3v) is 5.51. The molecule has 8 heteroatoms. The van der Waals surface area contributed by atoms with Gasteiger partial charge < -0.3 is 9.64 Å². The molecule has 2 aromatic carbocycles. The fraction of sp³-hybridized carbons (Fsp3) is 0.278. The van der Waals surface area contributed by atoms with Crippen molar-refractivity contribution in [2.75, 3.05) is 27.2 Å². The molecule has 140 valence electrons. The van der Waals surface area contributed by atoms with Crippen molar-refractivity contribution in [3.05, 3.63) is 53.6 Å². The molecule has 0 spiro atoms. The monoisotopic (exact) mass is 395 g/mol. The van der Waals surface area contributed by atoms with Crippen molar-refractivity contribution in [2.45, 2.75) is 11.8 Å². The first-order chi connectivity index (χ1) is 12.3. The normalized spacial score (nSPS) is 12.1. The van der Waals surface area contributed by atoms with Gasteiger partial charge >= 0.3 is 0 Å². The summed E-state index contributed by atoms with van der Waals surface area (Å²) in [5, 5.41) is 0.494. The maximum Gasteiger partial charge on any atom is 0.240 e. The van der Waals surface area contributed by atoms with E-state index < -0.39 is 10.0 Å². The molecule has 0 aliphatic rings. The van der Waals surface area contributed by atoms with Crippen molar-refractivity contribution < 1.29 is 13.2 Å². The number of likely N-dealkylation sites (N-methyl/N-ethyl adjacent to an activating group) is 1. The lowest BCUT2D eigenvalue weighted by molar-refractivity contribution is 0.415. The predicted molar refractivity (Wildman–Crippen MR) is 105 cm³/mol. The summed E-state index contributed by atoms with van der Waals surface area (Å²) in [5.74, 6) is 1.55. The van der Waals surface area contributed by atoms with Gasteiger partial charge in [0, 0.05) is 25.2 Å². The summed E-state index contributed by atoms with van der Waals surface area (Å²) in [5.41, 5.74) is 0.803. The van der Waals surface area contributed by atoms with Crippen LogP contribution in [0.15, 0.2) is 58.4 Å². The van der Waals surface area contributed by atoms with Gasteiger partial charge in [0.05, 0.1) is 17.7 Å². The zero-order valence-corrected chi connectivity index (χ0v) is 16.5. The largest absolute Gasteiger partial charge is 0.497 e. The molecule has 0 bridgehead atoms. The van der Waals surface area contributed by atoms with E-state index in [-0.39, 0.29) is 11.4 Å². The number of benzene rings is 2. The molecule has 0 atom stereocenters. The van der Waals surface area contributed by atoms with Crippen molar-refractivity contribution in [3.8, 4) is 5.75 Å². The molecule has 0 amide bonds. The quantitative estimate of drug-likeness (QED) is 0.576. The lowest BCUT2D eigenvalue weighted by atomic mass is 10.3. The molecular weight excluding hydrogens is 374 g/mol. The van der Waals surface area contributed by atoms with Crippen LogP contribution in [0.25, 0.3) is 0 Å². The van der Waals surface area contributed by atoms with Crippen LogP contribution < -0.4 is 9.46 Å². The highest BCUT2D eigenvalue weighted by atomic mass is 35.5. The van der Waals surface area contributed by atoms with Gasteiger partial charge in [0.1, 0.15) is 11.6 Å². The number of hydrogen-bond donors (Lipinski definition) is 1. The summed E-state index contributed by atoms with van der Waals surface area (Å²) in [7, 11) is -0.0805. The van der Waals surface area contributed by atoms with Crippen molar-refractivity contribution in [2.24, 2.45) is 4.99 Å². The van der Waals surface area contributed by atoms with E-state index in [2.05, 4.69) is 9.71 Å². The first kappa shape index (κ1) is 20.2. The molecule has 0 aliphatic heterocycles. The second kappa shape index (κ2) is 9.02. The number of aliphatic imine (C=N–C) groups is 1. The minimum absolute atomic E-state index is 0.188. The summed E-state index contributed by atoms with van der Waals surface area (Å²) in [6.07, 6.45) is 0. The average molecular weight is 396 g/mol. The van der Waals surface area contributed by atoms with Gasteiger partial charge in [0.25, 0.3) is 0 Å². The van der Waals surface area contributed by atoms with Gasteiger partial charge in [-0.15, -0.1) is 0 Å². The van der Waals surface area contributed by atoms with Crippen LogP contribution >= 0.6 is 11.6 Å². The Bertz CT molecular complexity index is 850. The van der Waals surface area contributed by atoms with Crippen LogP contribution in [0, 0.1) is 0 Å². The number of rotatable bonds is 7. The fourth-order valence-corrected chi connectivity index (χ4v) is 3.28. The number of amidine groups is 1. The Kier molecular flexibility index (Phi) is 7.02. The van der Waals surface area contributed by atoms with Crippen LogP contribution in [-0.4, -0.2) is 46.4 Å². The molecule has 2 rings (SSSR count). The fourth-order valence-electron chi connectivity index (χ4n) is 2.14. The molecule has 0 radical (unpaired) electrons. The predicted octanol–water partition coefficient (Wildman–Crippen LogP) is 3.31. The number of sulfonamides is 1. The molecular formula is C18H22ClN3O3S. The van der Waals surface area contributed by atoms with Crippen LogP contribution in [0.3, 0.4) is 0 Å². The van der Waals surface area contributed by atoms with E-state index in [0.717, 1.165) is 17.3 Å². The Hall–Kier alpha value is -2.09. The van der Waals surface area contributed by atoms with Crippen LogP contribution in [0.4, 0.5) is 5.69 Å². The standard InChI is InChI=1S/C18H22ClN3O3S/c1-14(21-16-6-8-17(25-3)9-7-16)22(2)13-12-20-26(23,24)18-10-4-15(19)5-11-18/h4-11,20H,12-13H2,1-3H3. The highest BCUT2D eigenvalue weighted by molar-refractivity contribution is 7.89. The molecule has 26 heavy (non-hydrogen) atoms. The smallest absolute Gasteiger partial charge is 0.240 e. The number of nitrogens with zero attached hydrogens (tertiary/aromatic N) is 2. The van der Waals surface area contributed by atoms with E-state index in [9.17, 15) is 8.42 Å². The molecule has 6 nitrogen and oxygen atoms in total. The van der Waals surface area contributed by atoms with E-state index >= 15 is 0 Å². The van der Waals surface area contributed by atoms with E-state index in [0.29, 0.717) is 11.6 Å². The zero-order chi connectivity index (χ0) is 19.2. The number of ether oxygens (including phenoxy) is 1. The van der Waals surface area contributed by atoms with E-state index in [1.807, 2.05) is 43.1 Å². The van der Waals surface area contributed by atoms with Crippen molar-refractivity contribution in [1.29, 1.82) is 0 Å². The lowest BCUT2D eigenvalue weighted by Crippen LogP contribution is -2.35. The summed E-state index contributed by atoms with van der Waals surface area (Å²) in [4.78, 5) is 6.58. The van der Waals surface area contributed by atoms with E-state index in [1.54, 1.807) is 19.2 Å². The van der Waals surface area contributed by atoms with Gasteiger partial charge in [0.2, 0.25) is 10.0 Å². The number of nitrogens with one attached hydrogen (secondary N) is 1. The summed E-state index contributed by atoms with van der Waals surface area (Å²) in [6.45, 7) is 2.62. The highest BCUT2D eigenvalue weighted by Gasteiger charge is 2.13. The summed E-state index contributed by atoms with van der Waals surface area (Å²) >= 11 is 5.78. The molecule has 1 N–H and O–H groups in total. The third-order valence-electron chi connectivity index (χ3n) is 3.78. The van der Waals surface area contributed by atoms with Crippen molar-refractivity contribution in [3.63, 3.8) is 0 Å². The second-order valence-electron chi connectivity index (χ2n) is 5.63. The maximum atomic E-state index is 12.2. The first-order valence-corrected chi connectivity index (χ1v) is 9.83. The molecule has 2 aromatic rings.